The highest BCUT2D eigenvalue weighted by Crippen LogP contribution is 2.24. The van der Waals surface area contributed by atoms with Gasteiger partial charge >= 0.3 is 0 Å². The molecule has 0 fully saturated rings. The summed E-state index contributed by atoms with van der Waals surface area (Å²) in [5.74, 6) is 0. The van der Waals surface area contributed by atoms with Crippen molar-refractivity contribution in [1.82, 2.24) is 10.3 Å². The Balaban J connectivity index is 1.96. The maximum atomic E-state index is 9.01. The predicted molar refractivity (Wildman–Crippen MR) is 79.2 cm³/mol. The molecule has 0 saturated heterocycles. The molecular formula is C15H20N2OS. The first kappa shape index (κ1) is 14.2. The summed E-state index contributed by atoms with van der Waals surface area (Å²) < 4.78 is 0. The molecule has 0 amide bonds. The summed E-state index contributed by atoms with van der Waals surface area (Å²) in [4.78, 5) is 5.77. The number of hydrogen-bond donors (Lipinski definition) is 2. The second kappa shape index (κ2) is 6.28. The number of aliphatic hydroxyl groups excluding tert-OH is 1. The number of aryl methyl sites for hydroxylation is 2. The molecule has 3 nitrogen and oxygen atoms in total. The molecule has 1 atom stereocenters. The summed E-state index contributed by atoms with van der Waals surface area (Å²) in [6.45, 7) is 7.20. The van der Waals surface area contributed by atoms with E-state index in [0.29, 0.717) is 6.04 Å². The van der Waals surface area contributed by atoms with Gasteiger partial charge in [0.2, 0.25) is 0 Å². The molecule has 0 aliphatic heterocycles. The SMILES string of the molecule is Cc1nc(C)c(C(C)NCc2ccc(CO)cc2)s1. The standard InChI is InChI=1S/C15H20N2OS/c1-10(15-11(2)17-12(3)19-15)16-8-13-4-6-14(9-18)7-5-13/h4-7,10,16,18H,8-9H2,1-3H3. The van der Waals surface area contributed by atoms with Gasteiger partial charge in [-0.15, -0.1) is 11.3 Å². The van der Waals surface area contributed by atoms with Crippen LogP contribution in [-0.2, 0) is 13.2 Å². The third kappa shape index (κ3) is 3.62. The summed E-state index contributed by atoms with van der Waals surface area (Å²) in [5.41, 5.74) is 3.30. The third-order valence-electron chi connectivity index (χ3n) is 3.15. The second-order valence-corrected chi connectivity index (χ2v) is 5.99. The summed E-state index contributed by atoms with van der Waals surface area (Å²) in [7, 11) is 0. The summed E-state index contributed by atoms with van der Waals surface area (Å²) in [6, 6.07) is 8.34. The average Bonchev–Trinajstić information content (AvgIpc) is 2.75. The van der Waals surface area contributed by atoms with E-state index in [9.17, 15) is 0 Å². The van der Waals surface area contributed by atoms with Crippen LogP contribution in [-0.4, -0.2) is 10.1 Å². The van der Waals surface area contributed by atoms with Crippen molar-refractivity contribution in [2.24, 2.45) is 0 Å². The Hall–Kier alpha value is -1.23. The van der Waals surface area contributed by atoms with Crippen molar-refractivity contribution in [1.29, 1.82) is 0 Å². The Kier molecular flexibility index (Phi) is 4.69. The van der Waals surface area contributed by atoms with Crippen molar-refractivity contribution >= 4 is 11.3 Å². The van der Waals surface area contributed by atoms with E-state index in [1.165, 1.54) is 10.4 Å². The van der Waals surface area contributed by atoms with Gasteiger partial charge in [0.25, 0.3) is 0 Å². The number of aromatic nitrogens is 1. The molecule has 0 radical (unpaired) electrons. The molecule has 1 aromatic carbocycles. The quantitative estimate of drug-likeness (QED) is 0.882. The van der Waals surface area contributed by atoms with Crippen LogP contribution in [0.5, 0.6) is 0 Å². The highest BCUT2D eigenvalue weighted by Gasteiger charge is 2.12. The van der Waals surface area contributed by atoms with E-state index in [1.807, 2.05) is 19.1 Å². The number of hydrogen-bond acceptors (Lipinski definition) is 4. The van der Waals surface area contributed by atoms with Gasteiger partial charge in [0.15, 0.2) is 0 Å². The third-order valence-corrected chi connectivity index (χ3v) is 4.41. The first-order chi connectivity index (χ1) is 9.10. The van der Waals surface area contributed by atoms with E-state index in [2.05, 4.69) is 36.3 Å². The maximum absolute atomic E-state index is 9.01. The lowest BCUT2D eigenvalue weighted by Crippen LogP contribution is -2.17. The second-order valence-electron chi connectivity index (χ2n) is 4.76. The molecule has 0 spiro atoms. The van der Waals surface area contributed by atoms with Gasteiger partial charge in [0.05, 0.1) is 17.3 Å². The van der Waals surface area contributed by atoms with Crippen molar-refractivity contribution in [3.8, 4) is 0 Å². The Labute approximate surface area is 118 Å². The predicted octanol–water partition coefficient (Wildman–Crippen LogP) is 3.10. The largest absolute Gasteiger partial charge is 0.392 e. The Morgan fingerprint density at radius 1 is 1.21 bits per heavy atom. The van der Waals surface area contributed by atoms with E-state index in [4.69, 9.17) is 5.11 Å². The molecule has 0 aliphatic rings. The number of nitrogens with zero attached hydrogens (tertiary/aromatic N) is 1. The van der Waals surface area contributed by atoms with Crippen LogP contribution >= 0.6 is 11.3 Å². The molecule has 2 aromatic rings. The van der Waals surface area contributed by atoms with Gasteiger partial charge in [-0.2, -0.15) is 0 Å². The fourth-order valence-corrected chi connectivity index (χ4v) is 3.03. The lowest BCUT2D eigenvalue weighted by molar-refractivity contribution is 0.282. The molecule has 19 heavy (non-hydrogen) atoms. The smallest absolute Gasteiger partial charge is 0.0900 e. The summed E-state index contributed by atoms with van der Waals surface area (Å²) in [6.07, 6.45) is 0. The van der Waals surface area contributed by atoms with E-state index < -0.39 is 0 Å². The van der Waals surface area contributed by atoms with Crippen LogP contribution in [0.3, 0.4) is 0 Å². The zero-order chi connectivity index (χ0) is 13.8. The van der Waals surface area contributed by atoms with Gasteiger partial charge in [-0.3, -0.25) is 0 Å². The van der Waals surface area contributed by atoms with E-state index in [-0.39, 0.29) is 6.61 Å². The van der Waals surface area contributed by atoms with Gasteiger partial charge in [-0.1, -0.05) is 24.3 Å². The fraction of sp³-hybridized carbons (Fsp3) is 0.400. The molecule has 0 saturated carbocycles. The monoisotopic (exact) mass is 276 g/mol. The topological polar surface area (TPSA) is 45.2 Å². The lowest BCUT2D eigenvalue weighted by Gasteiger charge is -2.13. The molecular weight excluding hydrogens is 256 g/mol. The van der Waals surface area contributed by atoms with Crippen molar-refractivity contribution in [3.05, 3.63) is 51.0 Å². The van der Waals surface area contributed by atoms with Crippen LogP contribution in [0.4, 0.5) is 0 Å². The van der Waals surface area contributed by atoms with Crippen LogP contribution in [0.25, 0.3) is 0 Å². The van der Waals surface area contributed by atoms with E-state index >= 15 is 0 Å². The number of benzene rings is 1. The van der Waals surface area contributed by atoms with Gasteiger partial charge in [-0.05, 0) is 31.9 Å². The van der Waals surface area contributed by atoms with Crippen molar-refractivity contribution in [3.63, 3.8) is 0 Å². The molecule has 1 heterocycles. The Bertz CT molecular complexity index is 534. The molecule has 1 aromatic heterocycles. The Morgan fingerprint density at radius 3 is 2.37 bits per heavy atom. The van der Waals surface area contributed by atoms with Gasteiger partial charge in [0, 0.05) is 17.5 Å². The van der Waals surface area contributed by atoms with Crippen LogP contribution in [0, 0.1) is 13.8 Å². The minimum atomic E-state index is 0.101. The normalized spacial score (nSPS) is 12.6. The van der Waals surface area contributed by atoms with E-state index in [1.54, 1.807) is 11.3 Å². The molecule has 4 heteroatoms. The number of aliphatic hydroxyl groups is 1. The molecule has 0 aliphatic carbocycles. The van der Waals surface area contributed by atoms with Gasteiger partial charge < -0.3 is 10.4 Å². The highest BCUT2D eigenvalue weighted by atomic mass is 32.1. The molecule has 2 rings (SSSR count). The van der Waals surface area contributed by atoms with Crippen molar-refractivity contribution in [2.45, 2.75) is 40.0 Å². The van der Waals surface area contributed by atoms with Gasteiger partial charge in [0.1, 0.15) is 0 Å². The van der Waals surface area contributed by atoms with Crippen LogP contribution in [0.1, 0.15) is 39.7 Å². The Morgan fingerprint density at radius 2 is 1.84 bits per heavy atom. The highest BCUT2D eigenvalue weighted by molar-refractivity contribution is 7.11. The van der Waals surface area contributed by atoms with E-state index in [0.717, 1.165) is 22.8 Å². The summed E-state index contributed by atoms with van der Waals surface area (Å²) in [5, 5.41) is 13.6. The number of rotatable bonds is 5. The molecule has 0 bridgehead atoms. The maximum Gasteiger partial charge on any atom is 0.0900 e. The molecule has 1 unspecified atom stereocenters. The number of nitrogens with one attached hydrogen (secondary N) is 1. The van der Waals surface area contributed by atoms with Crippen molar-refractivity contribution < 1.29 is 5.11 Å². The van der Waals surface area contributed by atoms with Crippen LogP contribution in [0.2, 0.25) is 0 Å². The molecule has 2 N–H and O–H groups in total. The number of thiazole rings is 1. The lowest BCUT2D eigenvalue weighted by atomic mass is 10.1. The first-order valence-corrected chi connectivity index (χ1v) is 7.27. The van der Waals surface area contributed by atoms with Crippen molar-refractivity contribution in [2.75, 3.05) is 0 Å². The van der Waals surface area contributed by atoms with Crippen LogP contribution in [0.15, 0.2) is 24.3 Å². The van der Waals surface area contributed by atoms with Gasteiger partial charge in [-0.25, -0.2) is 4.98 Å². The zero-order valence-corrected chi connectivity index (χ0v) is 12.4. The minimum absolute atomic E-state index is 0.101. The average molecular weight is 276 g/mol. The molecule has 102 valence electrons. The first-order valence-electron chi connectivity index (χ1n) is 6.46. The fourth-order valence-electron chi connectivity index (χ4n) is 2.07. The zero-order valence-electron chi connectivity index (χ0n) is 11.6. The summed E-state index contributed by atoms with van der Waals surface area (Å²) >= 11 is 1.76. The minimum Gasteiger partial charge on any atom is -0.392 e. The van der Waals surface area contributed by atoms with Crippen LogP contribution < -0.4 is 5.32 Å².